The summed E-state index contributed by atoms with van der Waals surface area (Å²) in [7, 11) is -1.51. The number of benzene rings is 1. The molecule has 0 spiro atoms. The van der Waals surface area contributed by atoms with E-state index >= 15 is 0 Å². The SMILES string of the molecule is CN(CCC1CCCCO1)S(=O)(=O)CCc1ccccc1. The molecule has 0 saturated carbocycles. The minimum atomic E-state index is -3.18. The maximum atomic E-state index is 12.3. The Morgan fingerprint density at radius 1 is 1.24 bits per heavy atom. The third-order valence-corrected chi connectivity index (χ3v) is 5.86. The second kappa shape index (κ2) is 7.92. The Kier molecular flexibility index (Phi) is 6.21. The van der Waals surface area contributed by atoms with E-state index in [1.165, 1.54) is 10.7 Å². The van der Waals surface area contributed by atoms with Crippen LogP contribution in [0.3, 0.4) is 0 Å². The lowest BCUT2D eigenvalue weighted by atomic mass is 10.1. The van der Waals surface area contributed by atoms with Crippen molar-refractivity contribution in [1.82, 2.24) is 4.31 Å². The van der Waals surface area contributed by atoms with Crippen molar-refractivity contribution < 1.29 is 13.2 Å². The van der Waals surface area contributed by atoms with Gasteiger partial charge in [-0.25, -0.2) is 12.7 Å². The molecule has 21 heavy (non-hydrogen) atoms. The van der Waals surface area contributed by atoms with Crippen LogP contribution in [0.25, 0.3) is 0 Å². The van der Waals surface area contributed by atoms with Crippen molar-refractivity contribution in [3.05, 3.63) is 35.9 Å². The van der Waals surface area contributed by atoms with Crippen LogP contribution in [0.4, 0.5) is 0 Å². The highest BCUT2D eigenvalue weighted by molar-refractivity contribution is 7.89. The zero-order chi connectivity index (χ0) is 15.1. The number of nitrogens with zero attached hydrogens (tertiary/aromatic N) is 1. The Balaban J connectivity index is 1.78. The fraction of sp³-hybridized carbons (Fsp3) is 0.625. The fourth-order valence-corrected chi connectivity index (χ4v) is 3.74. The molecule has 1 atom stereocenters. The van der Waals surface area contributed by atoms with Crippen LogP contribution in [0.1, 0.15) is 31.2 Å². The molecular weight excluding hydrogens is 286 g/mol. The molecule has 0 aliphatic carbocycles. The predicted molar refractivity (Wildman–Crippen MR) is 84.8 cm³/mol. The number of sulfonamides is 1. The van der Waals surface area contributed by atoms with Crippen molar-refractivity contribution in [3.63, 3.8) is 0 Å². The quantitative estimate of drug-likeness (QED) is 0.777. The maximum absolute atomic E-state index is 12.3. The van der Waals surface area contributed by atoms with Crippen molar-refractivity contribution in [2.24, 2.45) is 0 Å². The normalized spacial score (nSPS) is 19.8. The van der Waals surface area contributed by atoms with Crippen molar-refractivity contribution >= 4 is 10.0 Å². The van der Waals surface area contributed by atoms with Crippen molar-refractivity contribution in [2.75, 3.05) is 26.0 Å². The van der Waals surface area contributed by atoms with Crippen LogP contribution in [0, 0.1) is 0 Å². The van der Waals surface area contributed by atoms with Crippen molar-refractivity contribution in [1.29, 1.82) is 0 Å². The highest BCUT2D eigenvalue weighted by atomic mass is 32.2. The second-order valence-electron chi connectivity index (χ2n) is 5.65. The first-order valence-electron chi connectivity index (χ1n) is 7.67. The lowest BCUT2D eigenvalue weighted by Crippen LogP contribution is -2.33. The molecule has 1 unspecified atom stereocenters. The Hall–Kier alpha value is -0.910. The number of ether oxygens (including phenoxy) is 1. The third kappa shape index (κ3) is 5.41. The first kappa shape index (κ1) is 16.5. The first-order valence-corrected chi connectivity index (χ1v) is 9.28. The summed E-state index contributed by atoms with van der Waals surface area (Å²) in [5.74, 6) is 0.166. The molecule has 0 amide bonds. The molecule has 0 bridgehead atoms. The molecule has 0 N–H and O–H groups in total. The molecule has 118 valence electrons. The Bertz CT molecular complexity index is 510. The first-order chi connectivity index (χ1) is 10.1. The van der Waals surface area contributed by atoms with Gasteiger partial charge in [-0.05, 0) is 37.7 Å². The molecule has 1 heterocycles. The van der Waals surface area contributed by atoms with Crippen LogP contribution in [0.5, 0.6) is 0 Å². The number of rotatable bonds is 7. The monoisotopic (exact) mass is 311 g/mol. The third-order valence-electron chi connectivity index (χ3n) is 4.01. The summed E-state index contributed by atoms with van der Waals surface area (Å²) in [5.41, 5.74) is 1.06. The summed E-state index contributed by atoms with van der Waals surface area (Å²) in [6.45, 7) is 1.36. The molecular formula is C16H25NO3S. The molecule has 1 aliphatic rings. The van der Waals surface area contributed by atoms with Crippen molar-refractivity contribution in [2.45, 2.75) is 38.2 Å². The summed E-state index contributed by atoms with van der Waals surface area (Å²) in [6.07, 6.45) is 4.95. The number of hydrogen-bond acceptors (Lipinski definition) is 3. The summed E-state index contributed by atoms with van der Waals surface area (Å²) in [5, 5.41) is 0. The van der Waals surface area contributed by atoms with E-state index in [2.05, 4.69) is 0 Å². The molecule has 1 aromatic rings. The number of hydrogen-bond donors (Lipinski definition) is 0. The zero-order valence-electron chi connectivity index (χ0n) is 12.7. The van der Waals surface area contributed by atoms with E-state index in [4.69, 9.17) is 4.74 Å². The van der Waals surface area contributed by atoms with E-state index in [9.17, 15) is 8.42 Å². The van der Waals surface area contributed by atoms with E-state index in [0.29, 0.717) is 13.0 Å². The van der Waals surface area contributed by atoms with Gasteiger partial charge in [0.15, 0.2) is 0 Å². The van der Waals surface area contributed by atoms with Crippen molar-refractivity contribution in [3.8, 4) is 0 Å². The van der Waals surface area contributed by atoms with E-state index in [1.807, 2.05) is 30.3 Å². The van der Waals surface area contributed by atoms with Crippen LogP contribution in [-0.2, 0) is 21.2 Å². The zero-order valence-corrected chi connectivity index (χ0v) is 13.5. The lowest BCUT2D eigenvalue weighted by molar-refractivity contribution is 0.00950. The molecule has 0 aromatic heterocycles. The van der Waals surface area contributed by atoms with E-state index in [1.54, 1.807) is 7.05 Å². The van der Waals surface area contributed by atoms with Gasteiger partial charge >= 0.3 is 0 Å². The summed E-state index contributed by atoms with van der Waals surface area (Å²) >= 11 is 0. The smallest absolute Gasteiger partial charge is 0.214 e. The van der Waals surface area contributed by atoms with Gasteiger partial charge < -0.3 is 4.74 Å². The largest absolute Gasteiger partial charge is 0.378 e. The van der Waals surface area contributed by atoms with Gasteiger partial charge in [-0.2, -0.15) is 0 Å². The van der Waals surface area contributed by atoms with Crippen LogP contribution in [0.2, 0.25) is 0 Å². The second-order valence-corrected chi connectivity index (χ2v) is 7.85. The minimum absolute atomic E-state index is 0.166. The molecule has 0 radical (unpaired) electrons. The molecule has 5 heteroatoms. The maximum Gasteiger partial charge on any atom is 0.214 e. The Morgan fingerprint density at radius 2 is 2.00 bits per heavy atom. The summed E-state index contributed by atoms with van der Waals surface area (Å²) in [6, 6.07) is 9.74. The highest BCUT2D eigenvalue weighted by Gasteiger charge is 2.20. The van der Waals surface area contributed by atoms with Gasteiger partial charge in [0.25, 0.3) is 0 Å². The molecule has 4 nitrogen and oxygen atoms in total. The Morgan fingerprint density at radius 3 is 2.67 bits per heavy atom. The predicted octanol–water partition coefficient (Wildman–Crippen LogP) is 2.45. The van der Waals surface area contributed by atoms with E-state index in [-0.39, 0.29) is 11.9 Å². The highest BCUT2D eigenvalue weighted by Crippen LogP contribution is 2.16. The van der Waals surface area contributed by atoms with Crippen LogP contribution in [-0.4, -0.2) is 44.8 Å². The average Bonchev–Trinajstić information content (AvgIpc) is 2.52. The standard InChI is InChI=1S/C16H25NO3S/c1-17(12-10-16-9-5-6-13-20-16)21(18,19)14-11-15-7-3-2-4-8-15/h2-4,7-8,16H,5-6,9-14H2,1H3. The van der Waals surface area contributed by atoms with Gasteiger partial charge in [0, 0.05) is 20.2 Å². The average molecular weight is 311 g/mol. The molecule has 1 aromatic carbocycles. The van der Waals surface area contributed by atoms with Crippen LogP contribution in [0.15, 0.2) is 30.3 Å². The van der Waals surface area contributed by atoms with Gasteiger partial charge in [-0.1, -0.05) is 30.3 Å². The van der Waals surface area contributed by atoms with E-state index in [0.717, 1.165) is 31.4 Å². The molecule has 1 saturated heterocycles. The van der Waals surface area contributed by atoms with Gasteiger partial charge in [-0.15, -0.1) is 0 Å². The summed E-state index contributed by atoms with van der Waals surface area (Å²) < 4.78 is 31.7. The topological polar surface area (TPSA) is 46.6 Å². The Labute approximate surface area is 128 Å². The van der Waals surface area contributed by atoms with Gasteiger partial charge in [-0.3, -0.25) is 0 Å². The van der Waals surface area contributed by atoms with Gasteiger partial charge in [0.2, 0.25) is 10.0 Å². The minimum Gasteiger partial charge on any atom is -0.378 e. The van der Waals surface area contributed by atoms with E-state index < -0.39 is 10.0 Å². The number of aryl methyl sites for hydroxylation is 1. The molecule has 2 rings (SSSR count). The van der Waals surface area contributed by atoms with Gasteiger partial charge in [0.05, 0.1) is 11.9 Å². The summed E-state index contributed by atoms with van der Waals surface area (Å²) in [4.78, 5) is 0. The fourth-order valence-electron chi connectivity index (χ4n) is 2.55. The van der Waals surface area contributed by atoms with Crippen LogP contribution >= 0.6 is 0 Å². The van der Waals surface area contributed by atoms with Crippen LogP contribution < -0.4 is 0 Å². The lowest BCUT2D eigenvalue weighted by Gasteiger charge is -2.25. The molecule has 1 aliphatic heterocycles. The van der Waals surface area contributed by atoms with Gasteiger partial charge in [0.1, 0.15) is 0 Å². The molecule has 1 fully saturated rings.